The summed E-state index contributed by atoms with van der Waals surface area (Å²) >= 11 is 0. The van der Waals surface area contributed by atoms with E-state index in [1.807, 2.05) is 11.9 Å². The Morgan fingerprint density at radius 2 is 2.03 bits per heavy atom. The third-order valence-electron chi connectivity index (χ3n) is 8.45. The van der Waals surface area contributed by atoms with Gasteiger partial charge in [-0.1, -0.05) is 31.0 Å². The fraction of sp³-hybridized carbons (Fsp3) is 0.692. The molecular weight excluding hydrogens is 527 g/mol. The zero-order chi connectivity index (χ0) is 22.1. The van der Waals surface area contributed by atoms with Gasteiger partial charge in [-0.05, 0) is 50.7 Å². The lowest BCUT2D eigenvalue weighted by molar-refractivity contribution is -0.127. The van der Waals surface area contributed by atoms with Crippen LogP contribution in [0.15, 0.2) is 29.3 Å². The number of guanidine groups is 1. The molecule has 1 saturated heterocycles. The van der Waals surface area contributed by atoms with Gasteiger partial charge < -0.3 is 19.9 Å². The second kappa shape index (κ2) is 10.5. The standard InChI is InChI=1S/C26H38N4O2.HI/c1-3-32-23-17-22(26(23)13-6-7-14-26)28-25(27-2)30-18-19(20-9-4-5-10-21(20)30)12-16-29-15-8-11-24(29)31;/h4-5,9-10,19,22-23H,3,6-8,11-18H2,1-2H3,(H,27,28);1H. The third-order valence-corrected chi connectivity index (χ3v) is 8.45. The minimum atomic E-state index is 0. The van der Waals surface area contributed by atoms with Gasteiger partial charge in [0.05, 0.1) is 6.10 Å². The second-order valence-electron chi connectivity index (χ2n) is 10.0. The molecule has 4 aliphatic rings. The molecule has 33 heavy (non-hydrogen) atoms. The van der Waals surface area contributed by atoms with Crippen LogP contribution >= 0.6 is 24.0 Å². The summed E-state index contributed by atoms with van der Waals surface area (Å²) < 4.78 is 6.12. The lowest BCUT2D eigenvalue weighted by atomic mass is 9.60. The maximum atomic E-state index is 12.1. The summed E-state index contributed by atoms with van der Waals surface area (Å²) in [6.45, 7) is 5.62. The number of nitrogens with one attached hydrogen (secondary N) is 1. The van der Waals surface area contributed by atoms with Crippen LogP contribution in [0.3, 0.4) is 0 Å². The number of halogens is 1. The SMILES string of the molecule is CCOC1CC(NC(=NC)N2CC(CCN3CCCC3=O)c3ccccc32)C12CCCC2.I. The molecule has 7 heteroatoms. The first-order chi connectivity index (χ1) is 15.7. The van der Waals surface area contributed by atoms with Gasteiger partial charge >= 0.3 is 0 Å². The van der Waals surface area contributed by atoms with Crippen molar-refractivity contribution in [1.29, 1.82) is 0 Å². The molecule has 5 rings (SSSR count). The molecule has 3 unspecified atom stereocenters. The van der Waals surface area contributed by atoms with Gasteiger partial charge in [0.15, 0.2) is 5.96 Å². The average molecular weight is 567 g/mol. The van der Waals surface area contributed by atoms with Crippen molar-refractivity contribution in [1.82, 2.24) is 10.2 Å². The van der Waals surface area contributed by atoms with E-state index in [2.05, 4.69) is 41.4 Å². The van der Waals surface area contributed by atoms with E-state index < -0.39 is 0 Å². The third kappa shape index (κ3) is 4.51. The largest absolute Gasteiger partial charge is 0.378 e. The van der Waals surface area contributed by atoms with Crippen LogP contribution < -0.4 is 10.2 Å². The zero-order valence-corrected chi connectivity index (χ0v) is 22.4. The summed E-state index contributed by atoms with van der Waals surface area (Å²) in [4.78, 5) is 21.2. The molecule has 0 bridgehead atoms. The Kier molecular flexibility index (Phi) is 7.88. The molecular formula is C26H39IN4O2. The molecule has 2 aliphatic carbocycles. The first kappa shape index (κ1) is 24.8. The highest BCUT2D eigenvalue weighted by Gasteiger charge is 2.57. The Hall–Kier alpha value is -1.35. The highest BCUT2D eigenvalue weighted by atomic mass is 127. The summed E-state index contributed by atoms with van der Waals surface area (Å²) in [6, 6.07) is 9.18. The molecule has 1 aromatic carbocycles. The van der Waals surface area contributed by atoms with Gasteiger partial charge in [0.1, 0.15) is 0 Å². The number of ether oxygens (including phenoxy) is 1. The van der Waals surface area contributed by atoms with E-state index in [0.29, 0.717) is 24.0 Å². The van der Waals surface area contributed by atoms with Crippen LogP contribution in [0.4, 0.5) is 5.69 Å². The number of hydrogen-bond acceptors (Lipinski definition) is 3. The number of rotatable bonds is 6. The molecule has 1 amide bonds. The lowest BCUT2D eigenvalue weighted by Crippen LogP contribution is -2.65. The molecule has 2 saturated carbocycles. The normalized spacial score (nSPS) is 28.1. The summed E-state index contributed by atoms with van der Waals surface area (Å²) in [5.41, 5.74) is 2.93. The van der Waals surface area contributed by atoms with Crippen LogP contribution in [-0.2, 0) is 9.53 Å². The Morgan fingerprint density at radius 3 is 2.73 bits per heavy atom. The van der Waals surface area contributed by atoms with Crippen LogP contribution in [0.1, 0.15) is 69.8 Å². The number of anilines is 1. The van der Waals surface area contributed by atoms with Gasteiger partial charge in [0.2, 0.25) is 5.91 Å². The molecule has 1 spiro atoms. The molecule has 6 nitrogen and oxygen atoms in total. The smallest absolute Gasteiger partial charge is 0.222 e. The van der Waals surface area contributed by atoms with Crippen molar-refractivity contribution in [2.45, 2.75) is 76.4 Å². The average Bonchev–Trinajstić information content (AvgIpc) is 3.55. The van der Waals surface area contributed by atoms with Gasteiger partial charge in [-0.3, -0.25) is 9.79 Å². The number of para-hydroxylation sites is 1. The Morgan fingerprint density at radius 1 is 1.24 bits per heavy atom. The second-order valence-corrected chi connectivity index (χ2v) is 10.0. The molecule has 3 fully saturated rings. The molecule has 1 N–H and O–H groups in total. The summed E-state index contributed by atoms with van der Waals surface area (Å²) in [5, 5.41) is 3.86. The van der Waals surface area contributed by atoms with E-state index in [-0.39, 0.29) is 29.4 Å². The number of likely N-dealkylation sites (tertiary alicyclic amines) is 1. The minimum absolute atomic E-state index is 0. The van der Waals surface area contributed by atoms with E-state index in [1.54, 1.807) is 0 Å². The molecule has 0 aromatic heterocycles. The Labute approximate surface area is 215 Å². The Bertz CT molecular complexity index is 870. The van der Waals surface area contributed by atoms with Crippen molar-refractivity contribution in [3.63, 3.8) is 0 Å². The predicted octanol–water partition coefficient (Wildman–Crippen LogP) is 4.53. The van der Waals surface area contributed by atoms with E-state index in [4.69, 9.17) is 9.73 Å². The quantitative estimate of drug-likeness (QED) is 0.312. The van der Waals surface area contributed by atoms with Crippen LogP contribution in [0.25, 0.3) is 0 Å². The van der Waals surface area contributed by atoms with E-state index in [0.717, 1.165) is 57.9 Å². The molecule has 2 heterocycles. The maximum absolute atomic E-state index is 12.1. The van der Waals surface area contributed by atoms with E-state index >= 15 is 0 Å². The number of hydrogen-bond donors (Lipinski definition) is 1. The number of aliphatic imine (C=N–C) groups is 1. The van der Waals surface area contributed by atoms with Gasteiger partial charge in [0.25, 0.3) is 0 Å². The number of fused-ring (bicyclic) bond motifs is 1. The van der Waals surface area contributed by atoms with Crippen LogP contribution in [0, 0.1) is 5.41 Å². The fourth-order valence-electron chi connectivity index (χ4n) is 6.70. The number of benzene rings is 1. The first-order valence-electron chi connectivity index (χ1n) is 12.7. The van der Waals surface area contributed by atoms with Crippen molar-refractivity contribution in [2.75, 3.05) is 38.2 Å². The van der Waals surface area contributed by atoms with E-state index in [9.17, 15) is 4.79 Å². The van der Waals surface area contributed by atoms with Crippen LogP contribution in [0.5, 0.6) is 0 Å². The van der Waals surface area contributed by atoms with Gasteiger partial charge in [-0.15, -0.1) is 24.0 Å². The number of carbonyl (C=O) groups is 1. The van der Waals surface area contributed by atoms with Gasteiger partial charge in [-0.2, -0.15) is 0 Å². The zero-order valence-electron chi connectivity index (χ0n) is 20.1. The summed E-state index contributed by atoms with van der Waals surface area (Å²) in [7, 11) is 1.90. The van der Waals surface area contributed by atoms with Crippen LogP contribution in [-0.4, -0.2) is 62.2 Å². The van der Waals surface area contributed by atoms with Crippen molar-refractivity contribution >= 4 is 41.5 Å². The van der Waals surface area contributed by atoms with Crippen molar-refractivity contribution in [3.8, 4) is 0 Å². The number of amides is 1. The lowest BCUT2D eigenvalue weighted by Gasteiger charge is -2.54. The molecule has 0 radical (unpaired) electrons. The minimum Gasteiger partial charge on any atom is -0.378 e. The molecule has 1 aromatic rings. The molecule has 3 atom stereocenters. The molecule has 182 valence electrons. The summed E-state index contributed by atoms with van der Waals surface area (Å²) in [5.74, 6) is 1.74. The highest BCUT2D eigenvalue weighted by molar-refractivity contribution is 14.0. The predicted molar refractivity (Wildman–Crippen MR) is 144 cm³/mol. The molecule has 2 aliphatic heterocycles. The summed E-state index contributed by atoms with van der Waals surface area (Å²) in [6.07, 6.45) is 9.34. The maximum Gasteiger partial charge on any atom is 0.222 e. The Balaban J connectivity index is 0.00000259. The van der Waals surface area contributed by atoms with Crippen molar-refractivity contribution in [3.05, 3.63) is 29.8 Å². The van der Waals surface area contributed by atoms with Gasteiger partial charge in [0, 0.05) is 62.8 Å². The van der Waals surface area contributed by atoms with Crippen LogP contribution in [0.2, 0.25) is 0 Å². The van der Waals surface area contributed by atoms with Crippen molar-refractivity contribution in [2.24, 2.45) is 10.4 Å². The first-order valence-corrected chi connectivity index (χ1v) is 12.7. The van der Waals surface area contributed by atoms with Gasteiger partial charge in [-0.25, -0.2) is 0 Å². The monoisotopic (exact) mass is 566 g/mol. The fourth-order valence-corrected chi connectivity index (χ4v) is 6.70. The van der Waals surface area contributed by atoms with Crippen molar-refractivity contribution < 1.29 is 9.53 Å². The van der Waals surface area contributed by atoms with E-state index in [1.165, 1.54) is 36.9 Å². The topological polar surface area (TPSA) is 57.2 Å². The number of nitrogens with zero attached hydrogens (tertiary/aromatic N) is 3. The highest BCUT2D eigenvalue weighted by Crippen LogP contribution is 2.55. The number of carbonyl (C=O) groups excluding carboxylic acids is 1.